The van der Waals surface area contributed by atoms with Gasteiger partial charge in [0.1, 0.15) is 5.69 Å². The van der Waals surface area contributed by atoms with Crippen LogP contribution in [0.2, 0.25) is 0 Å². The Balaban J connectivity index is 1.97. The molecule has 5 heteroatoms. The van der Waals surface area contributed by atoms with Crippen molar-refractivity contribution < 1.29 is 9.59 Å². The molecule has 0 saturated carbocycles. The van der Waals surface area contributed by atoms with Gasteiger partial charge in [0.05, 0.1) is 11.7 Å². The molecule has 0 spiro atoms. The van der Waals surface area contributed by atoms with Gasteiger partial charge in [-0.25, -0.2) is 0 Å². The highest BCUT2D eigenvalue weighted by molar-refractivity contribution is 6.02. The number of nitrogens with one attached hydrogen (secondary N) is 2. The molecule has 1 atom stereocenters. The van der Waals surface area contributed by atoms with Crippen LogP contribution in [0.15, 0.2) is 54.7 Å². The van der Waals surface area contributed by atoms with Crippen LogP contribution in [0, 0.1) is 13.8 Å². The molecule has 5 nitrogen and oxygen atoms in total. The van der Waals surface area contributed by atoms with E-state index in [4.69, 9.17) is 0 Å². The van der Waals surface area contributed by atoms with E-state index in [2.05, 4.69) is 15.3 Å². The number of aromatic nitrogens is 2. The van der Waals surface area contributed by atoms with Crippen LogP contribution in [0.3, 0.4) is 0 Å². The lowest BCUT2D eigenvalue weighted by atomic mass is 10.0. The number of aryl methyl sites for hydroxylation is 1. The molecule has 0 aliphatic carbocycles. The number of hydrogen-bond acceptors (Lipinski definition) is 3. The smallest absolute Gasteiger partial charge is 0.268 e. The third-order valence-corrected chi connectivity index (χ3v) is 4.41. The minimum atomic E-state index is -0.381. The number of H-pyrrole nitrogens is 1. The predicted octanol–water partition coefficient (Wildman–Crippen LogP) is 3.75. The van der Waals surface area contributed by atoms with E-state index in [1.165, 1.54) is 6.92 Å². The Labute approximate surface area is 152 Å². The Hall–Kier alpha value is -3.21. The Kier molecular flexibility index (Phi) is 4.98. The number of carbonyl (C=O) groups is 2. The lowest BCUT2D eigenvalue weighted by Crippen LogP contribution is -2.30. The Morgan fingerprint density at radius 2 is 1.73 bits per heavy atom. The Morgan fingerprint density at radius 3 is 2.31 bits per heavy atom. The first-order valence-electron chi connectivity index (χ1n) is 8.46. The number of ketones is 1. The summed E-state index contributed by atoms with van der Waals surface area (Å²) in [5.41, 5.74) is 4.04. The SMILES string of the molecule is CC(=O)c1c(C)[nH]c(C(=O)N[C@@H](c2ccccc2)c2ccccn2)c1C. The van der Waals surface area contributed by atoms with Gasteiger partial charge in [0, 0.05) is 17.5 Å². The van der Waals surface area contributed by atoms with Crippen LogP contribution >= 0.6 is 0 Å². The largest absolute Gasteiger partial charge is 0.354 e. The summed E-state index contributed by atoms with van der Waals surface area (Å²) < 4.78 is 0. The van der Waals surface area contributed by atoms with Crippen molar-refractivity contribution >= 4 is 11.7 Å². The Bertz CT molecular complexity index is 891. The summed E-state index contributed by atoms with van der Waals surface area (Å²) >= 11 is 0. The highest BCUT2D eigenvalue weighted by atomic mass is 16.2. The van der Waals surface area contributed by atoms with Crippen molar-refractivity contribution in [2.75, 3.05) is 0 Å². The van der Waals surface area contributed by atoms with Crippen LogP contribution in [-0.2, 0) is 0 Å². The maximum Gasteiger partial charge on any atom is 0.268 e. The number of rotatable bonds is 5. The Morgan fingerprint density at radius 1 is 1.04 bits per heavy atom. The predicted molar refractivity (Wildman–Crippen MR) is 100 cm³/mol. The zero-order chi connectivity index (χ0) is 18.7. The average Bonchev–Trinajstić information content (AvgIpc) is 2.95. The van der Waals surface area contributed by atoms with Gasteiger partial charge in [0.25, 0.3) is 5.91 Å². The highest BCUT2D eigenvalue weighted by Gasteiger charge is 2.23. The van der Waals surface area contributed by atoms with Crippen LogP contribution < -0.4 is 5.32 Å². The molecule has 0 bridgehead atoms. The number of nitrogens with zero attached hydrogens (tertiary/aromatic N) is 1. The number of amides is 1. The van der Waals surface area contributed by atoms with Gasteiger partial charge in [-0.3, -0.25) is 14.6 Å². The second-order valence-corrected chi connectivity index (χ2v) is 6.25. The maximum absolute atomic E-state index is 12.9. The number of carbonyl (C=O) groups excluding carboxylic acids is 2. The topological polar surface area (TPSA) is 74.8 Å². The number of Topliss-reactive ketones (excluding diaryl/α,β-unsaturated/α-hetero) is 1. The van der Waals surface area contributed by atoms with Gasteiger partial charge in [-0.05, 0) is 44.0 Å². The van der Waals surface area contributed by atoms with Crippen molar-refractivity contribution in [1.82, 2.24) is 15.3 Å². The van der Waals surface area contributed by atoms with Crippen molar-refractivity contribution in [2.45, 2.75) is 26.8 Å². The quantitative estimate of drug-likeness (QED) is 0.690. The van der Waals surface area contributed by atoms with E-state index in [0.717, 1.165) is 11.3 Å². The van der Waals surface area contributed by atoms with E-state index in [9.17, 15) is 9.59 Å². The first-order chi connectivity index (χ1) is 12.5. The molecule has 0 fully saturated rings. The van der Waals surface area contributed by atoms with Crippen molar-refractivity contribution in [2.24, 2.45) is 0 Å². The molecule has 2 N–H and O–H groups in total. The third-order valence-electron chi connectivity index (χ3n) is 4.41. The molecule has 0 aliphatic rings. The molecule has 0 radical (unpaired) electrons. The fourth-order valence-electron chi connectivity index (χ4n) is 3.23. The molecule has 26 heavy (non-hydrogen) atoms. The van der Waals surface area contributed by atoms with Gasteiger partial charge < -0.3 is 10.3 Å². The number of aromatic amines is 1. The highest BCUT2D eigenvalue weighted by Crippen LogP contribution is 2.23. The van der Waals surface area contributed by atoms with Gasteiger partial charge in [-0.1, -0.05) is 36.4 Å². The fourth-order valence-corrected chi connectivity index (χ4v) is 3.23. The minimum absolute atomic E-state index is 0.0559. The second kappa shape index (κ2) is 7.35. The van der Waals surface area contributed by atoms with Crippen LogP contribution in [-0.4, -0.2) is 21.7 Å². The summed E-state index contributed by atoms with van der Waals surface area (Å²) in [5.74, 6) is -0.322. The molecule has 0 aliphatic heterocycles. The van der Waals surface area contributed by atoms with Crippen LogP contribution in [0.5, 0.6) is 0 Å². The van der Waals surface area contributed by atoms with Gasteiger partial charge in [0.15, 0.2) is 5.78 Å². The molecule has 3 rings (SSSR count). The molecule has 132 valence electrons. The van der Waals surface area contributed by atoms with E-state index >= 15 is 0 Å². The maximum atomic E-state index is 12.9. The first-order valence-corrected chi connectivity index (χ1v) is 8.46. The van der Waals surface area contributed by atoms with Gasteiger partial charge in [-0.2, -0.15) is 0 Å². The molecule has 0 saturated heterocycles. The van der Waals surface area contributed by atoms with Gasteiger partial charge in [0.2, 0.25) is 0 Å². The summed E-state index contributed by atoms with van der Waals surface area (Å²) in [6.07, 6.45) is 1.70. The summed E-state index contributed by atoms with van der Waals surface area (Å²) in [6, 6.07) is 14.9. The zero-order valence-electron chi connectivity index (χ0n) is 15.0. The molecule has 1 aromatic carbocycles. The normalized spacial score (nSPS) is 11.8. The summed E-state index contributed by atoms with van der Waals surface area (Å²) in [7, 11) is 0. The minimum Gasteiger partial charge on any atom is -0.354 e. The number of pyridine rings is 1. The summed E-state index contributed by atoms with van der Waals surface area (Å²) in [4.78, 5) is 32.2. The van der Waals surface area contributed by atoms with E-state index in [1.807, 2.05) is 48.5 Å². The van der Waals surface area contributed by atoms with Gasteiger partial charge >= 0.3 is 0 Å². The van der Waals surface area contributed by atoms with Crippen molar-refractivity contribution in [3.63, 3.8) is 0 Å². The molecule has 1 amide bonds. The van der Waals surface area contributed by atoms with Crippen LogP contribution in [0.25, 0.3) is 0 Å². The third kappa shape index (κ3) is 3.42. The van der Waals surface area contributed by atoms with E-state index in [0.29, 0.717) is 22.5 Å². The van der Waals surface area contributed by atoms with Crippen LogP contribution in [0.1, 0.15) is 56.3 Å². The van der Waals surface area contributed by atoms with Crippen LogP contribution in [0.4, 0.5) is 0 Å². The van der Waals surface area contributed by atoms with E-state index in [1.54, 1.807) is 20.0 Å². The molecule has 2 heterocycles. The average molecular weight is 347 g/mol. The van der Waals surface area contributed by atoms with Crippen molar-refractivity contribution in [3.05, 3.63) is 88.5 Å². The molecular formula is C21H21N3O2. The number of hydrogen-bond donors (Lipinski definition) is 2. The lowest BCUT2D eigenvalue weighted by Gasteiger charge is -2.19. The standard InChI is InChI=1S/C21H21N3O2/c1-13-18(15(3)25)14(2)23-19(13)21(26)24-20(16-9-5-4-6-10-16)17-11-7-8-12-22-17/h4-12,20,23H,1-3H3,(H,24,26)/t20-/m0/s1. The fraction of sp³-hybridized carbons (Fsp3) is 0.190. The van der Waals surface area contributed by atoms with Crippen molar-refractivity contribution in [3.8, 4) is 0 Å². The monoisotopic (exact) mass is 347 g/mol. The second-order valence-electron chi connectivity index (χ2n) is 6.25. The zero-order valence-corrected chi connectivity index (χ0v) is 15.0. The number of benzene rings is 1. The lowest BCUT2D eigenvalue weighted by molar-refractivity contribution is 0.0937. The molecule has 3 aromatic rings. The van der Waals surface area contributed by atoms with Crippen molar-refractivity contribution in [1.29, 1.82) is 0 Å². The van der Waals surface area contributed by atoms with E-state index < -0.39 is 0 Å². The first kappa shape index (κ1) is 17.6. The summed E-state index contributed by atoms with van der Waals surface area (Å²) in [6.45, 7) is 5.09. The summed E-state index contributed by atoms with van der Waals surface area (Å²) in [5, 5.41) is 3.04. The molecule has 0 unspecified atom stereocenters. The molecule has 2 aromatic heterocycles. The van der Waals surface area contributed by atoms with Gasteiger partial charge in [-0.15, -0.1) is 0 Å². The molecular weight excluding hydrogens is 326 g/mol. The van der Waals surface area contributed by atoms with E-state index in [-0.39, 0.29) is 17.7 Å².